The van der Waals surface area contributed by atoms with E-state index in [1.165, 1.54) is 6.08 Å². The lowest BCUT2D eigenvalue weighted by atomic mass is 10.1. The molecule has 2 aromatic carbocycles. The molecule has 1 aliphatic rings. The summed E-state index contributed by atoms with van der Waals surface area (Å²) in [4.78, 5) is 12.4. The van der Waals surface area contributed by atoms with Crippen molar-refractivity contribution in [1.29, 1.82) is 10.5 Å². The summed E-state index contributed by atoms with van der Waals surface area (Å²) in [5.41, 5.74) is 1.86. The first-order chi connectivity index (χ1) is 14.6. The molecule has 0 bridgehead atoms. The predicted octanol–water partition coefficient (Wildman–Crippen LogP) is 4.10. The van der Waals surface area contributed by atoms with Crippen LogP contribution >= 0.6 is 15.9 Å². The van der Waals surface area contributed by atoms with Gasteiger partial charge in [-0.2, -0.15) is 10.5 Å². The van der Waals surface area contributed by atoms with Crippen molar-refractivity contribution in [2.45, 2.75) is 25.6 Å². The molecule has 0 spiro atoms. The van der Waals surface area contributed by atoms with Gasteiger partial charge in [0.2, 0.25) is 0 Å². The first-order valence-electron chi connectivity index (χ1n) is 9.52. The fourth-order valence-corrected chi connectivity index (χ4v) is 3.46. The van der Waals surface area contributed by atoms with Gasteiger partial charge in [-0.05, 0) is 43.2 Å². The molecule has 1 heterocycles. The largest absolute Gasteiger partial charge is 0.488 e. The zero-order valence-electron chi connectivity index (χ0n) is 16.2. The van der Waals surface area contributed by atoms with E-state index in [2.05, 4.69) is 27.3 Å². The number of hydrogen-bond acceptors (Lipinski definition) is 5. The Kier molecular flexibility index (Phi) is 7.62. The van der Waals surface area contributed by atoms with E-state index in [0.717, 1.165) is 22.9 Å². The van der Waals surface area contributed by atoms with Gasteiger partial charge in [-0.1, -0.05) is 34.1 Å². The Hall–Kier alpha value is -3.13. The Morgan fingerprint density at radius 1 is 1.30 bits per heavy atom. The minimum Gasteiger partial charge on any atom is -0.488 e. The Morgan fingerprint density at radius 3 is 2.87 bits per heavy atom. The summed E-state index contributed by atoms with van der Waals surface area (Å²) in [7, 11) is 0. The quantitative estimate of drug-likeness (QED) is 0.490. The van der Waals surface area contributed by atoms with Crippen molar-refractivity contribution < 1.29 is 14.3 Å². The first-order valence-corrected chi connectivity index (χ1v) is 10.3. The molecule has 152 valence electrons. The summed E-state index contributed by atoms with van der Waals surface area (Å²) in [6.45, 7) is 1.28. The van der Waals surface area contributed by atoms with Crippen LogP contribution in [-0.2, 0) is 16.1 Å². The molecule has 1 aliphatic heterocycles. The van der Waals surface area contributed by atoms with Crippen molar-refractivity contribution in [3.8, 4) is 17.9 Å². The zero-order chi connectivity index (χ0) is 21.3. The van der Waals surface area contributed by atoms with E-state index in [4.69, 9.17) is 9.47 Å². The summed E-state index contributed by atoms with van der Waals surface area (Å²) in [5, 5.41) is 21.5. The van der Waals surface area contributed by atoms with Crippen LogP contribution in [0.2, 0.25) is 0 Å². The average molecular weight is 466 g/mol. The van der Waals surface area contributed by atoms with E-state index < -0.39 is 5.91 Å². The third-order valence-electron chi connectivity index (χ3n) is 4.67. The van der Waals surface area contributed by atoms with Gasteiger partial charge in [0.05, 0.1) is 17.7 Å². The maximum absolute atomic E-state index is 12.4. The Labute approximate surface area is 183 Å². The molecule has 1 N–H and O–H groups in total. The van der Waals surface area contributed by atoms with Gasteiger partial charge in [0.1, 0.15) is 24.0 Å². The number of carbonyl (C=O) groups excluding carboxylic acids is 1. The molecule has 0 aromatic heterocycles. The molecule has 7 heteroatoms. The third kappa shape index (κ3) is 5.70. The summed E-state index contributed by atoms with van der Waals surface area (Å²) in [5.74, 6) is 0.0550. The smallest absolute Gasteiger partial charge is 0.262 e. The molecule has 1 atom stereocenters. The highest BCUT2D eigenvalue weighted by Crippen LogP contribution is 2.27. The molecule has 0 radical (unpaired) electrons. The maximum Gasteiger partial charge on any atom is 0.262 e. The number of nitrogens with one attached hydrogen (secondary N) is 1. The van der Waals surface area contributed by atoms with Crippen LogP contribution in [0, 0.1) is 22.7 Å². The van der Waals surface area contributed by atoms with Crippen molar-refractivity contribution >= 4 is 27.9 Å². The SMILES string of the molecule is N#C/C(=C\c1cc(Br)ccc1OCc1ccccc1C#N)C(=O)NC[C@@H]1CCCO1. The molecule has 30 heavy (non-hydrogen) atoms. The molecule has 0 aliphatic carbocycles. The van der Waals surface area contributed by atoms with E-state index in [0.29, 0.717) is 30.0 Å². The third-order valence-corrected chi connectivity index (χ3v) is 5.17. The van der Waals surface area contributed by atoms with Crippen LogP contribution in [0.3, 0.4) is 0 Å². The fourth-order valence-electron chi connectivity index (χ4n) is 3.09. The molecule has 1 saturated heterocycles. The Bertz CT molecular complexity index is 1030. The normalized spacial score (nSPS) is 15.8. The standard InChI is InChI=1S/C23H20BrN3O3/c24-20-7-8-22(30-15-17-5-2-1-4-16(17)12-25)18(11-20)10-19(13-26)23(28)27-14-21-6-3-9-29-21/h1-2,4-5,7-8,10-11,21H,3,6,9,14-15H2,(H,27,28)/b19-10+/t21-/m0/s1. The molecule has 0 unspecified atom stereocenters. The van der Waals surface area contributed by atoms with E-state index >= 15 is 0 Å². The summed E-state index contributed by atoms with van der Waals surface area (Å²) in [6.07, 6.45) is 3.38. The summed E-state index contributed by atoms with van der Waals surface area (Å²) < 4.78 is 12.2. The molecule has 2 aromatic rings. The van der Waals surface area contributed by atoms with E-state index in [9.17, 15) is 15.3 Å². The van der Waals surface area contributed by atoms with Gasteiger partial charge in [-0.15, -0.1) is 0 Å². The number of halogens is 1. The monoisotopic (exact) mass is 465 g/mol. The Morgan fingerprint density at radius 2 is 2.13 bits per heavy atom. The maximum atomic E-state index is 12.4. The van der Waals surface area contributed by atoms with Crippen molar-refractivity contribution in [2.24, 2.45) is 0 Å². The van der Waals surface area contributed by atoms with Crippen molar-refractivity contribution in [3.63, 3.8) is 0 Å². The van der Waals surface area contributed by atoms with Gasteiger partial charge < -0.3 is 14.8 Å². The molecule has 1 amide bonds. The van der Waals surface area contributed by atoms with E-state index in [1.807, 2.05) is 24.3 Å². The number of rotatable bonds is 7. The highest BCUT2D eigenvalue weighted by molar-refractivity contribution is 9.10. The second-order valence-corrected chi connectivity index (χ2v) is 7.67. The highest BCUT2D eigenvalue weighted by Gasteiger charge is 2.18. The zero-order valence-corrected chi connectivity index (χ0v) is 17.8. The lowest BCUT2D eigenvalue weighted by Gasteiger charge is -2.12. The second-order valence-electron chi connectivity index (χ2n) is 6.75. The minimum atomic E-state index is -0.450. The topological polar surface area (TPSA) is 95.1 Å². The van der Waals surface area contributed by atoms with Crippen LogP contribution in [0.1, 0.15) is 29.5 Å². The number of nitriles is 2. The van der Waals surface area contributed by atoms with Crippen LogP contribution in [0.4, 0.5) is 0 Å². The van der Waals surface area contributed by atoms with Gasteiger partial charge in [-0.25, -0.2) is 0 Å². The van der Waals surface area contributed by atoms with Gasteiger partial charge in [-0.3, -0.25) is 4.79 Å². The highest BCUT2D eigenvalue weighted by atomic mass is 79.9. The van der Waals surface area contributed by atoms with Gasteiger partial charge in [0.15, 0.2) is 0 Å². The van der Waals surface area contributed by atoms with Crippen molar-refractivity contribution in [2.75, 3.05) is 13.2 Å². The number of benzene rings is 2. The fraction of sp³-hybridized carbons (Fsp3) is 0.261. The van der Waals surface area contributed by atoms with Crippen LogP contribution in [0.25, 0.3) is 6.08 Å². The van der Waals surface area contributed by atoms with Crippen LogP contribution in [0.5, 0.6) is 5.75 Å². The lowest BCUT2D eigenvalue weighted by molar-refractivity contribution is -0.117. The van der Waals surface area contributed by atoms with Gasteiger partial charge in [0.25, 0.3) is 5.91 Å². The van der Waals surface area contributed by atoms with Crippen LogP contribution < -0.4 is 10.1 Å². The number of hydrogen-bond donors (Lipinski definition) is 1. The number of carbonyl (C=O) groups is 1. The average Bonchev–Trinajstić information content (AvgIpc) is 3.29. The molecular formula is C23H20BrN3O3. The van der Waals surface area contributed by atoms with E-state index in [1.54, 1.807) is 24.3 Å². The van der Waals surface area contributed by atoms with Crippen LogP contribution in [-0.4, -0.2) is 25.2 Å². The second kappa shape index (κ2) is 10.6. The Balaban J connectivity index is 1.76. The molecule has 3 rings (SSSR count). The van der Waals surface area contributed by atoms with Crippen molar-refractivity contribution in [1.82, 2.24) is 5.32 Å². The summed E-state index contributed by atoms with van der Waals surface area (Å²) in [6, 6.07) is 16.6. The molecule has 0 saturated carbocycles. The lowest BCUT2D eigenvalue weighted by Crippen LogP contribution is -2.32. The minimum absolute atomic E-state index is 0.00106. The van der Waals surface area contributed by atoms with E-state index in [-0.39, 0.29) is 18.3 Å². The summed E-state index contributed by atoms with van der Waals surface area (Å²) >= 11 is 3.41. The molecular weight excluding hydrogens is 446 g/mol. The van der Waals surface area contributed by atoms with Crippen LogP contribution in [0.15, 0.2) is 52.5 Å². The van der Waals surface area contributed by atoms with Gasteiger partial charge in [0, 0.05) is 28.8 Å². The number of ether oxygens (including phenoxy) is 2. The number of nitrogens with zero attached hydrogens (tertiary/aromatic N) is 2. The predicted molar refractivity (Wildman–Crippen MR) is 115 cm³/mol. The van der Waals surface area contributed by atoms with Gasteiger partial charge >= 0.3 is 0 Å². The molecule has 1 fully saturated rings. The molecule has 6 nitrogen and oxygen atoms in total. The van der Waals surface area contributed by atoms with Crippen molar-refractivity contribution in [3.05, 3.63) is 69.2 Å². The first kappa shape index (κ1) is 21.6. The number of amides is 1.